The lowest BCUT2D eigenvalue weighted by molar-refractivity contribution is -0.947. The zero-order chi connectivity index (χ0) is 16.2. The predicted molar refractivity (Wildman–Crippen MR) is 80.3 cm³/mol. The smallest absolute Gasteiger partial charge is 0.315 e. The number of esters is 1. The van der Waals surface area contributed by atoms with Crippen LogP contribution in [-0.4, -0.2) is 31.1 Å². The topological polar surface area (TPSA) is 59.8 Å². The SMILES string of the molecule is CCOC(=O)[C@H]1C[C@]2(C(=O)Nc3ccc(F)cc32)[NH+]2CCC[C@H]12. The molecule has 6 heteroatoms. The Morgan fingerprint density at radius 3 is 3.13 bits per heavy atom. The molecular formula is C17H20FN2O3+. The van der Waals surface area contributed by atoms with Gasteiger partial charge in [0, 0.05) is 24.8 Å². The summed E-state index contributed by atoms with van der Waals surface area (Å²) in [6.45, 7) is 2.95. The number of ether oxygens (including phenoxy) is 1. The summed E-state index contributed by atoms with van der Waals surface area (Å²) in [4.78, 5) is 26.3. The van der Waals surface area contributed by atoms with Crippen molar-refractivity contribution < 1.29 is 23.6 Å². The third kappa shape index (κ3) is 1.87. The summed E-state index contributed by atoms with van der Waals surface area (Å²) in [5.74, 6) is -1.000. The Morgan fingerprint density at radius 2 is 2.35 bits per heavy atom. The van der Waals surface area contributed by atoms with Crippen molar-refractivity contribution >= 4 is 17.6 Å². The Balaban J connectivity index is 1.81. The van der Waals surface area contributed by atoms with Crippen LogP contribution in [0.4, 0.5) is 10.1 Å². The van der Waals surface area contributed by atoms with Gasteiger partial charge in [-0.3, -0.25) is 9.59 Å². The van der Waals surface area contributed by atoms with Crippen LogP contribution in [0.5, 0.6) is 0 Å². The molecule has 2 N–H and O–H groups in total. The maximum atomic E-state index is 13.8. The fraction of sp³-hybridized carbons (Fsp3) is 0.529. The lowest BCUT2D eigenvalue weighted by Gasteiger charge is -2.29. The molecule has 0 aliphatic carbocycles. The highest BCUT2D eigenvalue weighted by molar-refractivity contribution is 6.05. The normalized spacial score (nSPS) is 34.3. The number of hydrogen-bond acceptors (Lipinski definition) is 3. The number of nitrogens with one attached hydrogen (secondary N) is 2. The van der Waals surface area contributed by atoms with Gasteiger partial charge in [0.1, 0.15) is 17.8 Å². The molecular weight excluding hydrogens is 299 g/mol. The van der Waals surface area contributed by atoms with E-state index in [0.717, 1.165) is 24.3 Å². The quantitative estimate of drug-likeness (QED) is 0.785. The maximum Gasteiger partial charge on any atom is 0.315 e. The van der Waals surface area contributed by atoms with Crippen molar-refractivity contribution in [1.29, 1.82) is 0 Å². The lowest BCUT2D eigenvalue weighted by Crippen LogP contribution is -3.19. The molecule has 4 atom stereocenters. The number of anilines is 1. The minimum absolute atomic E-state index is 0.0778. The second-order valence-corrected chi connectivity index (χ2v) is 6.64. The van der Waals surface area contributed by atoms with Gasteiger partial charge in [0.25, 0.3) is 5.91 Å². The number of halogens is 1. The second kappa shape index (κ2) is 5.03. The van der Waals surface area contributed by atoms with Crippen molar-refractivity contribution in [3.8, 4) is 0 Å². The Labute approximate surface area is 133 Å². The molecule has 122 valence electrons. The Kier molecular flexibility index (Phi) is 3.20. The van der Waals surface area contributed by atoms with E-state index >= 15 is 0 Å². The van der Waals surface area contributed by atoms with Gasteiger partial charge in [0.05, 0.1) is 18.8 Å². The first-order valence-electron chi connectivity index (χ1n) is 8.22. The number of carbonyl (C=O) groups excluding carboxylic acids is 2. The molecule has 3 aliphatic rings. The molecule has 1 spiro atoms. The largest absolute Gasteiger partial charge is 0.466 e. The molecule has 1 aromatic rings. The van der Waals surface area contributed by atoms with Crippen LogP contribution in [0.3, 0.4) is 0 Å². The van der Waals surface area contributed by atoms with Crippen LogP contribution < -0.4 is 10.2 Å². The van der Waals surface area contributed by atoms with E-state index in [4.69, 9.17) is 4.74 Å². The van der Waals surface area contributed by atoms with Gasteiger partial charge in [-0.05, 0) is 25.1 Å². The van der Waals surface area contributed by atoms with Crippen molar-refractivity contribution in [1.82, 2.24) is 0 Å². The van der Waals surface area contributed by atoms with Crippen LogP contribution in [-0.2, 0) is 19.9 Å². The van der Waals surface area contributed by atoms with Gasteiger partial charge >= 0.3 is 5.97 Å². The summed E-state index contributed by atoms with van der Waals surface area (Å²) in [6, 6.07) is 4.49. The summed E-state index contributed by atoms with van der Waals surface area (Å²) in [6.07, 6.45) is 2.27. The summed E-state index contributed by atoms with van der Waals surface area (Å²) in [5, 5.41) is 2.88. The van der Waals surface area contributed by atoms with E-state index in [1.807, 2.05) is 0 Å². The van der Waals surface area contributed by atoms with Gasteiger partial charge in [0.2, 0.25) is 5.54 Å². The van der Waals surface area contributed by atoms with E-state index in [0.29, 0.717) is 24.3 Å². The molecule has 0 radical (unpaired) electrons. The molecule has 0 bridgehead atoms. The highest BCUT2D eigenvalue weighted by atomic mass is 19.1. The minimum Gasteiger partial charge on any atom is -0.466 e. The minimum atomic E-state index is -0.851. The number of carbonyl (C=O) groups is 2. The van der Waals surface area contributed by atoms with E-state index < -0.39 is 5.54 Å². The molecule has 23 heavy (non-hydrogen) atoms. The summed E-state index contributed by atoms with van der Waals surface area (Å²) >= 11 is 0. The van der Waals surface area contributed by atoms with Crippen LogP contribution in [0.15, 0.2) is 18.2 Å². The molecule has 1 aromatic carbocycles. The van der Waals surface area contributed by atoms with Crippen molar-refractivity contribution in [3.05, 3.63) is 29.6 Å². The average molecular weight is 319 g/mol. The van der Waals surface area contributed by atoms with Crippen molar-refractivity contribution in [2.75, 3.05) is 18.5 Å². The van der Waals surface area contributed by atoms with Gasteiger partial charge in [-0.25, -0.2) is 4.39 Å². The fourth-order valence-electron chi connectivity index (χ4n) is 4.80. The third-order valence-corrected chi connectivity index (χ3v) is 5.64. The summed E-state index contributed by atoms with van der Waals surface area (Å²) < 4.78 is 19.0. The highest BCUT2D eigenvalue weighted by Crippen LogP contribution is 2.44. The standard InChI is InChI=1S/C17H19FN2O3/c1-2-23-15(21)11-9-17(20-7-3-4-14(11)20)12-8-10(18)5-6-13(12)19-16(17)22/h5-6,8,11,14H,2-4,7,9H2,1H3,(H,19,22)/p+1/t11-,14+,17-/m0/s1. The lowest BCUT2D eigenvalue weighted by atomic mass is 9.84. The monoisotopic (exact) mass is 319 g/mol. The number of benzene rings is 1. The molecule has 1 unspecified atom stereocenters. The first-order valence-corrected chi connectivity index (χ1v) is 8.22. The first kappa shape index (κ1) is 14.6. The first-order chi connectivity index (χ1) is 11.1. The third-order valence-electron chi connectivity index (χ3n) is 5.64. The van der Waals surface area contributed by atoms with E-state index in [9.17, 15) is 14.0 Å². The van der Waals surface area contributed by atoms with Crippen LogP contribution in [0.25, 0.3) is 0 Å². The summed E-state index contributed by atoms with van der Waals surface area (Å²) in [7, 11) is 0. The Bertz CT molecular complexity index is 692. The molecule has 1 amide bonds. The maximum absolute atomic E-state index is 13.8. The van der Waals surface area contributed by atoms with E-state index in [1.165, 1.54) is 12.1 Å². The highest BCUT2D eigenvalue weighted by Gasteiger charge is 2.67. The number of hydrogen-bond donors (Lipinski definition) is 2. The van der Waals surface area contributed by atoms with Crippen molar-refractivity contribution in [3.63, 3.8) is 0 Å². The Hall–Kier alpha value is -1.95. The predicted octanol–water partition coefficient (Wildman–Crippen LogP) is 0.603. The van der Waals surface area contributed by atoms with Gasteiger partial charge in [-0.1, -0.05) is 0 Å². The molecule has 0 aromatic heterocycles. The zero-order valence-electron chi connectivity index (χ0n) is 13.0. The Morgan fingerprint density at radius 1 is 1.52 bits per heavy atom. The van der Waals surface area contributed by atoms with Crippen LogP contribution in [0.2, 0.25) is 0 Å². The zero-order valence-corrected chi connectivity index (χ0v) is 13.0. The molecule has 2 fully saturated rings. The van der Waals surface area contributed by atoms with Gasteiger partial charge in [-0.15, -0.1) is 0 Å². The number of fused-ring (bicyclic) bond motifs is 4. The number of amides is 1. The van der Waals surface area contributed by atoms with Gasteiger partial charge in [0.15, 0.2) is 0 Å². The molecule has 2 saturated heterocycles. The molecule has 4 rings (SSSR count). The van der Waals surface area contributed by atoms with Crippen LogP contribution in [0.1, 0.15) is 31.7 Å². The molecule has 0 saturated carbocycles. The van der Waals surface area contributed by atoms with Crippen molar-refractivity contribution in [2.45, 2.75) is 37.8 Å². The van der Waals surface area contributed by atoms with Gasteiger partial charge < -0.3 is 15.0 Å². The van der Waals surface area contributed by atoms with E-state index in [2.05, 4.69) is 5.32 Å². The molecule has 3 heterocycles. The summed E-state index contributed by atoms with van der Waals surface area (Å²) in [5.41, 5.74) is 0.506. The fourth-order valence-corrected chi connectivity index (χ4v) is 4.80. The molecule has 5 nitrogen and oxygen atoms in total. The van der Waals surface area contributed by atoms with Gasteiger partial charge in [-0.2, -0.15) is 0 Å². The second-order valence-electron chi connectivity index (χ2n) is 6.64. The van der Waals surface area contributed by atoms with Crippen LogP contribution >= 0.6 is 0 Å². The van der Waals surface area contributed by atoms with E-state index in [-0.39, 0.29) is 29.7 Å². The van der Waals surface area contributed by atoms with E-state index in [1.54, 1.807) is 13.0 Å². The average Bonchev–Trinajstić information content (AvgIpc) is 3.16. The number of rotatable bonds is 2. The van der Waals surface area contributed by atoms with Crippen LogP contribution in [0, 0.1) is 11.7 Å². The van der Waals surface area contributed by atoms with Crippen molar-refractivity contribution in [2.24, 2.45) is 5.92 Å². The number of quaternary nitrogens is 1. The molecule has 3 aliphatic heterocycles.